The number of benzene rings is 2. The maximum absolute atomic E-state index is 5.67. The van der Waals surface area contributed by atoms with Gasteiger partial charge in [0.05, 0.1) is 0 Å². The summed E-state index contributed by atoms with van der Waals surface area (Å²) in [5.74, 6) is 0. The van der Waals surface area contributed by atoms with Crippen molar-refractivity contribution in [3.63, 3.8) is 0 Å². The average molecular weight is 240 g/mol. The monoisotopic (exact) mass is 240 g/mol. The molecule has 0 aliphatic heterocycles. The molecular formula is C16H20N2. The summed E-state index contributed by atoms with van der Waals surface area (Å²) in [5, 5.41) is 0. The number of hydrogen-bond donors (Lipinski definition) is 1. The Morgan fingerprint density at radius 3 is 2.22 bits per heavy atom. The Morgan fingerprint density at radius 1 is 0.889 bits per heavy atom. The lowest BCUT2D eigenvalue weighted by Gasteiger charge is -2.16. The Kier molecular flexibility index (Phi) is 4.37. The Morgan fingerprint density at radius 2 is 1.56 bits per heavy atom. The smallest absolute Gasteiger partial charge is 0.0314 e. The topological polar surface area (TPSA) is 29.3 Å². The first-order valence-electron chi connectivity index (χ1n) is 6.31. The molecule has 0 saturated carbocycles. The molecule has 2 aromatic rings. The summed E-state index contributed by atoms with van der Waals surface area (Å²) in [6.07, 6.45) is 1.06. The van der Waals surface area contributed by atoms with Crippen LogP contribution in [0, 0.1) is 0 Å². The summed E-state index contributed by atoms with van der Waals surface area (Å²) in [6, 6.07) is 18.7. The second kappa shape index (κ2) is 6.22. The molecule has 2 rings (SSSR count). The van der Waals surface area contributed by atoms with Gasteiger partial charge in [-0.25, -0.2) is 0 Å². The van der Waals surface area contributed by atoms with E-state index in [1.165, 1.54) is 11.1 Å². The maximum Gasteiger partial charge on any atom is 0.0314 e. The van der Waals surface area contributed by atoms with E-state index >= 15 is 0 Å². The molecule has 0 unspecified atom stereocenters. The zero-order chi connectivity index (χ0) is 12.8. The van der Waals surface area contributed by atoms with E-state index in [2.05, 4.69) is 54.4 Å². The first-order chi connectivity index (χ1) is 8.74. The molecule has 0 spiro atoms. The van der Waals surface area contributed by atoms with Gasteiger partial charge in [-0.2, -0.15) is 0 Å². The van der Waals surface area contributed by atoms with Crippen LogP contribution in [0.4, 0.5) is 5.69 Å². The molecule has 18 heavy (non-hydrogen) atoms. The number of nitrogen functional groups attached to an aromatic ring is 1. The maximum atomic E-state index is 5.67. The zero-order valence-corrected chi connectivity index (χ0v) is 10.8. The third-order valence-corrected chi connectivity index (χ3v) is 3.06. The van der Waals surface area contributed by atoms with Gasteiger partial charge < -0.3 is 10.6 Å². The van der Waals surface area contributed by atoms with Gasteiger partial charge in [0.2, 0.25) is 0 Å². The molecule has 2 N–H and O–H groups in total. The number of likely N-dealkylation sites (N-methyl/N-ethyl adjacent to an activating group) is 1. The van der Waals surface area contributed by atoms with E-state index in [4.69, 9.17) is 5.73 Å². The first-order valence-corrected chi connectivity index (χ1v) is 6.31. The largest absolute Gasteiger partial charge is 0.399 e. The van der Waals surface area contributed by atoms with Crippen molar-refractivity contribution in [1.29, 1.82) is 0 Å². The number of anilines is 1. The molecule has 0 atom stereocenters. The standard InChI is InChI=1S/C16H20N2/c1-18(13-15-5-3-2-4-6-15)12-11-14-7-9-16(17)10-8-14/h2-10H,11-13,17H2,1H3. The number of nitrogens with zero attached hydrogens (tertiary/aromatic N) is 1. The lowest BCUT2D eigenvalue weighted by molar-refractivity contribution is 0.331. The third kappa shape index (κ3) is 3.90. The van der Waals surface area contributed by atoms with E-state index in [1.807, 2.05) is 12.1 Å². The third-order valence-electron chi connectivity index (χ3n) is 3.06. The van der Waals surface area contributed by atoms with Gasteiger partial charge in [0.25, 0.3) is 0 Å². The molecule has 0 heterocycles. The van der Waals surface area contributed by atoms with Crippen molar-refractivity contribution in [2.45, 2.75) is 13.0 Å². The van der Waals surface area contributed by atoms with Crippen LogP contribution in [0.3, 0.4) is 0 Å². The first kappa shape index (κ1) is 12.7. The highest BCUT2D eigenvalue weighted by molar-refractivity contribution is 5.39. The van der Waals surface area contributed by atoms with E-state index in [1.54, 1.807) is 0 Å². The molecule has 0 amide bonds. The molecule has 94 valence electrons. The van der Waals surface area contributed by atoms with Crippen molar-refractivity contribution in [2.24, 2.45) is 0 Å². The minimum Gasteiger partial charge on any atom is -0.399 e. The number of hydrogen-bond acceptors (Lipinski definition) is 2. The second-order valence-corrected chi connectivity index (χ2v) is 4.71. The fraction of sp³-hybridized carbons (Fsp3) is 0.250. The van der Waals surface area contributed by atoms with Gasteiger partial charge in [0.1, 0.15) is 0 Å². The van der Waals surface area contributed by atoms with E-state index in [9.17, 15) is 0 Å². The van der Waals surface area contributed by atoms with Crippen molar-refractivity contribution in [1.82, 2.24) is 4.90 Å². The molecule has 0 fully saturated rings. The van der Waals surface area contributed by atoms with Crippen LogP contribution in [-0.4, -0.2) is 18.5 Å². The Hall–Kier alpha value is -1.80. The summed E-state index contributed by atoms with van der Waals surface area (Å²) >= 11 is 0. The minimum atomic E-state index is 0.830. The molecule has 2 nitrogen and oxygen atoms in total. The Balaban J connectivity index is 1.81. The summed E-state index contributed by atoms with van der Waals surface area (Å²) in [5.41, 5.74) is 9.20. The van der Waals surface area contributed by atoms with Crippen molar-refractivity contribution < 1.29 is 0 Å². The molecule has 0 aliphatic carbocycles. The molecule has 0 aromatic heterocycles. The predicted molar refractivity (Wildman–Crippen MR) is 77.3 cm³/mol. The molecular weight excluding hydrogens is 220 g/mol. The van der Waals surface area contributed by atoms with E-state index in [0.717, 1.165) is 25.2 Å². The summed E-state index contributed by atoms with van der Waals surface area (Å²) in [6.45, 7) is 2.05. The number of nitrogens with two attached hydrogens (primary N) is 1. The highest BCUT2D eigenvalue weighted by Gasteiger charge is 2.00. The van der Waals surface area contributed by atoms with Crippen molar-refractivity contribution in [2.75, 3.05) is 19.3 Å². The summed E-state index contributed by atoms with van der Waals surface area (Å²) < 4.78 is 0. The lowest BCUT2D eigenvalue weighted by atomic mass is 10.1. The van der Waals surface area contributed by atoms with Crippen molar-refractivity contribution in [3.05, 3.63) is 65.7 Å². The molecule has 0 aliphatic rings. The van der Waals surface area contributed by atoms with Crippen LogP contribution >= 0.6 is 0 Å². The molecule has 0 radical (unpaired) electrons. The molecule has 0 bridgehead atoms. The van der Waals surface area contributed by atoms with Crippen LogP contribution in [-0.2, 0) is 13.0 Å². The SMILES string of the molecule is CN(CCc1ccc(N)cc1)Cc1ccccc1. The van der Waals surface area contributed by atoms with Crippen LogP contribution in [0.2, 0.25) is 0 Å². The molecule has 2 aromatic carbocycles. The zero-order valence-electron chi connectivity index (χ0n) is 10.8. The fourth-order valence-electron chi connectivity index (χ4n) is 1.98. The molecule has 2 heteroatoms. The quantitative estimate of drug-likeness (QED) is 0.814. The van der Waals surface area contributed by atoms with Gasteiger partial charge in [-0.1, -0.05) is 42.5 Å². The van der Waals surface area contributed by atoms with Gasteiger partial charge >= 0.3 is 0 Å². The van der Waals surface area contributed by atoms with E-state index in [0.29, 0.717) is 0 Å². The summed E-state index contributed by atoms with van der Waals surface area (Å²) in [7, 11) is 2.16. The van der Waals surface area contributed by atoms with Crippen LogP contribution in [0.5, 0.6) is 0 Å². The Bertz CT molecular complexity index is 462. The van der Waals surface area contributed by atoms with E-state index < -0.39 is 0 Å². The molecule has 0 saturated heterocycles. The van der Waals surface area contributed by atoms with Gasteiger partial charge in [-0.15, -0.1) is 0 Å². The van der Waals surface area contributed by atoms with Gasteiger partial charge in [-0.3, -0.25) is 0 Å². The summed E-state index contributed by atoms with van der Waals surface area (Å²) in [4.78, 5) is 2.34. The fourth-order valence-corrected chi connectivity index (χ4v) is 1.98. The van der Waals surface area contributed by atoms with Crippen molar-refractivity contribution in [3.8, 4) is 0 Å². The average Bonchev–Trinajstić information content (AvgIpc) is 2.39. The van der Waals surface area contributed by atoms with Gasteiger partial charge in [0, 0.05) is 18.8 Å². The predicted octanol–water partition coefficient (Wildman–Crippen LogP) is 2.94. The normalized spacial score (nSPS) is 10.8. The number of rotatable bonds is 5. The van der Waals surface area contributed by atoms with Crippen molar-refractivity contribution >= 4 is 5.69 Å². The lowest BCUT2D eigenvalue weighted by Crippen LogP contribution is -2.20. The van der Waals surface area contributed by atoms with Crippen LogP contribution in [0.25, 0.3) is 0 Å². The van der Waals surface area contributed by atoms with Crippen LogP contribution in [0.15, 0.2) is 54.6 Å². The van der Waals surface area contributed by atoms with Crippen LogP contribution < -0.4 is 5.73 Å². The highest BCUT2D eigenvalue weighted by atomic mass is 15.1. The van der Waals surface area contributed by atoms with Gasteiger partial charge in [0.15, 0.2) is 0 Å². The van der Waals surface area contributed by atoms with Crippen LogP contribution in [0.1, 0.15) is 11.1 Å². The second-order valence-electron chi connectivity index (χ2n) is 4.71. The van der Waals surface area contributed by atoms with Gasteiger partial charge in [-0.05, 0) is 36.7 Å². The van der Waals surface area contributed by atoms with E-state index in [-0.39, 0.29) is 0 Å². The highest BCUT2D eigenvalue weighted by Crippen LogP contribution is 2.08. The Labute approximate surface area is 109 Å². The minimum absolute atomic E-state index is 0.830.